The summed E-state index contributed by atoms with van der Waals surface area (Å²) in [6.45, 7) is 14.6. The Bertz CT molecular complexity index is 1890. The van der Waals surface area contributed by atoms with E-state index in [0.717, 1.165) is 52.1 Å². The van der Waals surface area contributed by atoms with Crippen LogP contribution in [0.25, 0.3) is 0 Å². The van der Waals surface area contributed by atoms with E-state index >= 15 is 0 Å². The van der Waals surface area contributed by atoms with Gasteiger partial charge in [-0.15, -0.1) is 0 Å². The summed E-state index contributed by atoms with van der Waals surface area (Å²) in [4.78, 5) is 27.7. The zero-order valence-corrected chi connectivity index (χ0v) is 40.7. The van der Waals surface area contributed by atoms with Gasteiger partial charge in [-0.2, -0.15) is 0 Å². The molecule has 0 aromatic heterocycles. The van der Waals surface area contributed by atoms with Gasteiger partial charge in [-0.3, -0.25) is 4.79 Å². The number of carbonyl (C=O) groups is 2. The average Bonchev–Trinajstić information content (AvgIpc) is 3.29. The summed E-state index contributed by atoms with van der Waals surface area (Å²) in [5.74, 6) is -1.27. The van der Waals surface area contributed by atoms with Crippen molar-refractivity contribution in [1.82, 2.24) is 0 Å². The highest BCUT2D eigenvalue weighted by molar-refractivity contribution is 5.79. The standard InChI is InChI=1S/C49H78O19/c1-44(2)15-17-49(43(61)68-41-34(57)32(55)30(53)25(21-51)64-41)18-16-47(6)22(23(49)19-44)9-10-27-46(5)13-12-28(45(3,4)26(46)11-14-48(27,47)7)65-42-36(59)37(35(58)38(67-42)39(60)62-8)66-40-33(56)31(54)29(52)24(20-50)63-40/h9,23-38,40-42,50-59H,10-21H2,1-8H3/t23-,24-,25+,26-,27+,28-,29+,30+,31+,32-,33-,34+,35-,36+,37-,38-,40+,41?,42+,46-,47+,48+,49-/m0/s1. The predicted molar refractivity (Wildman–Crippen MR) is 235 cm³/mol. The van der Waals surface area contributed by atoms with Crippen molar-refractivity contribution >= 4 is 11.9 Å². The highest BCUT2D eigenvalue weighted by atomic mass is 16.7. The van der Waals surface area contributed by atoms with Gasteiger partial charge in [0, 0.05) is 0 Å². The topological polar surface area (TPSA) is 301 Å². The molecule has 8 rings (SSSR count). The number of fused-ring (bicyclic) bond motifs is 7. The van der Waals surface area contributed by atoms with Gasteiger partial charge < -0.3 is 84.2 Å². The Morgan fingerprint density at radius 1 is 0.647 bits per heavy atom. The first-order valence-electron chi connectivity index (χ1n) is 24.7. The van der Waals surface area contributed by atoms with Gasteiger partial charge >= 0.3 is 11.9 Å². The van der Waals surface area contributed by atoms with Gasteiger partial charge in [-0.1, -0.05) is 60.1 Å². The van der Waals surface area contributed by atoms with Crippen molar-refractivity contribution in [2.24, 2.45) is 50.2 Å². The number of hydrogen-bond acceptors (Lipinski definition) is 19. The van der Waals surface area contributed by atoms with Crippen LogP contribution in [-0.4, -0.2) is 182 Å². The molecule has 5 aliphatic carbocycles. The molecule has 3 saturated heterocycles. The van der Waals surface area contributed by atoms with Crippen LogP contribution in [0, 0.1) is 50.2 Å². The average molecular weight is 971 g/mol. The quantitative estimate of drug-likeness (QED) is 0.0846. The zero-order chi connectivity index (χ0) is 49.8. The van der Waals surface area contributed by atoms with Crippen LogP contribution in [0.3, 0.4) is 0 Å². The number of aliphatic hydroxyl groups is 10. The minimum Gasteiger partial charge on any atom is -0.467 e. The molecule has 0 amide bonds. The smallest absolute Gasteiger partial charge is 0.337 e. The molecule has 0 radical (unpaired) electrons. The Hall–Kier alpha value is -1.92. The summed E-state index contributed by atoms with van der Waals surface area (Å²) in [5.41, 5.74) is -0.878. The summed E-state index contributed by atoms with van der Waals surface area (Å²) < 4.78 is 40.6. The number of aliphatic hydroxyl groups excluding tert-OH is 10. The molecule has 0 aromatic rings. The van der Waals surface area contributed by atoms with Crippen LogP contribution < -0.4 is 0 Å². The van der Waals surface area contributed by atoms with Crippen LogP contribution in [0.2, 0.25) is 0 Å². The molecule has 7 fully saturated rings. The molecule has 1 unspecified atom stereocenters. The first-order chi connectivity index (χ1) is 31.8. The van der Waals surface area contributed by atoms with Gasteiger partial charge in [0.1, 0.15) is 67.1 Å². The van der Waals surface area contributed by atoms with Crippen LogP contribution in [0.5, 0.6) is 0 Å². The third-order valence-electron chi connectivity index (χ3n) is 19.5. The van der Waals surface area contributed by atoms with Crippen LogP contribution in [0.1, 0.15) is 113 Å². The van der Waals surface area contributed by atoms with E-state index in [4.69, 9.17) is 33.2 Å². The van der Waals surface area contributed by atoms with Crippen molar-refractivity contribution in [3.8, 4) is 0 Å². The van der Waals surface area contributed by atoms with E-state index in [1.807, 2.05) is 0 Å². The van der Waals surface area contributed by atoms with Crippen molar-refractivity contribution in [2.75, 3.05) is 20.3 Å². The van der Waals surface area contributed by atoms with E-state index in [9.17, 15) is 60.7 Å². The first-order valence-corrected chi connectivity index (χ1v) is 24.7. The number of allylic oxidation sites excluding steroid dienone is 2. The second-order valence-electron chi connectivity index (χ2n) is 23.7. The summed E-state index contributed by atoms with van der Waals surface area (Å²) in [6.07, 6.45) is -15.5. The fourth-order valence-electron chi connectivity index (χ4n) is 15.1. The lowest BCUT2D eigenvalue weighted by molar-refractivity contribution is -0.365. The Morgan fingerprint density at radius 2 is 1.24 bits per heavy atom. The molecule has 0 spiro atoms. The fraction of sp³-hybridized carbons (Fsp3) is 0.918. The van der Waals surface area contributed by atoms with Crippen molar-refractivity contribution in [3.63, 3.8) is 0 Å². The third kappa shape index (κ3) is 8.13. The summed E-state index contributed by atoms with van der Waals surface area (Å²) in [5, 5.41) is 106. The number of ether oxygens (including phenoxy) is 7. The fourth-order valence-corrected chi connectivity index (χ4v) is 15.1. The van der Waals surface area contributed by atoms with Crippen LogP contribution in [-0.2, 0) is 42.7 Å². The van der Waals surface area contributed by atoms with Gasteiger partial charge in [-0.25, -0.2) is 4.79 Å². The Kier molecular flexibility index (Phi) is 14.3. The van der Waals surface area contributed by atoms with E-state index in [2.05, 4.69) is 54.5 Å². The minimum absolute atomic E-state index is 0.0723. The zero-order valence-electron chi connectivity index (χ0n) is 40.7. The predicted octanol–water partition coefficient (Wildman–Crippen LogP) is 0.321. The van der Waals surface area contributed by atoms with Gasteiger partial charge in [0.25, 0.3) is 0 Å². The number of carbonyl (C=O) groups excluding carboxylic acids is 2. The van der Waals surface area contributed by atoms with Crippen molar-refractivity contribution in [1.29, 1.82) is 0 Å². The molecule has 3 heterocycles. The van der Waals surface area contributed by atoms with E-state index < -0.39 is 134 Å². The number of hydrogen-bond donors (Lipinski definition) is 10. The molecule has 19 nitrogen and oxygen atoms in total. The molecule has 3 aliphatic heterocycles. The largest absolute Gasteiger partial charge is 0.467 e. The summed E-state index contributed by atoms with van der Waals surface area (Å²) in [7, 11) is 1.11. The SMILES string of the molecule is COC(=O)[C@H]1O[C@@H](O[C@H]2CC[C@]3(C)[C@H]4CC=C5[C@@H]6CC(C)(C)CC[C@]6(C(=O)OC6O[C@H](CO)[C@@H](O)[C@H](O)[C@H]6O)CC[C@@]5(C)[C@]4(C)CC[C@H]3C2(C)C)[C@H](O)[C@@H](O[C@H]2O[C@@H](CO)[C@@H](O)[C@@H](O)[C@@H]2O)[C@@H]1O. The second kappa shape index (κ2) is 18.5. The highest BCUT2D eigenvalue weighted by Crippen LogP contribution is 2.76. The molecule has 23 atom stereocenters. The maximum absolute atomic E-state index is 14.7. The first kappa shape index (κ1) is 52.4. The van der Waals surface area contributed by atoms with Gasteiger partial charge in [-0.05, 0) is 109 Å². The normalized spacial score (nSPS) is 52.0. The number of methoxy groups -OCH3 is 1. The van der Waals surface area contributed by atoms with E-state index in [-0.39, 0.29) is 39.4 Å². The van der Waals surface area contributed by atoms with Gasteiger partial charge in [0.2, 0.25) is 6.29 Å². The third-order valence-corrected chi connectivity index (χ3v) is 19.5. The maximum atomic E-state index is 14.7. The molecule has 388 valence electrons. The van der Waals surface area contributed by atoms with Crippen LogP contribution >= 0.6 is 0 Å². The van der Waals surface area contributed by atoms with E-state index in [1.54, 1.807) is 0 Å². The number of rotatable bonds is 9. The lowest BCUT2D eigenvalue weighted by atomic mass is 9.33. The molecule has 8 aliphatic rings. The Balaban J connectivity index is 1.03. The molecule has 10 N–H and O–H groups in total. The second-order valence-corrected chi connectivity index (χ2v) is 23.7. The van der Waals surface area contributed by atoms with Crippen molar-refractivity contribution < 1.29 is 93.8 Å². The Morgan fingerprint density at radius 3 is 1.85 bits per heavy atom. The molecule has 4 saturated carbocycles. The molecule has 19 heteroatoms. The van der Waals surface area contributed by atoms with Crippen molar-refractivity contribution in [2.45, 2.75) is 211 Å². The van der Waals surface area contributed by atoms with Crippen LogP contribution in [0.4, 0.5) is 0 Å². The van der Waals surface area contributed by atoms with Gasteiger partial charge in [0.05, 0.1) is 31.8 Å². The number of esters is 2. The lowest BCUT2D eigenvalue weighted by Crippen LogP contribution is -2.67. The maximum Gasteiger partial charge on any atom is 0.337 e. The molecule has 0 aromatic carbocycles. The summed E-state index contributed by atoms with van der Waals surface area (Å²) >= 11 is 0. The highest BCUT2D eigenvalue weighted by Gasteiger charge is 2.70. The monoisotopic (exact) mass is 971 g/mol. The van der Waals surface area contributed by atoms with Crippen LogP contribution in [0.15, 0.2) is 11.6 Å². The molecular weight excluding hydrogens is 893 g/mol. The molecule has 68 heavy (non-hydrogen) atoms. The van der Waals surface area contributed by atoms with E-state index in [1.165, 1.54) is 5.57 Å². The van der Waals surface area contributed by atoms with Gasteiger partial charge in [0.15, 0.2) is 18.7 Å². The molecule has 0 bridgehead atoms. The Labute approximate surface area is 398 Å². The minimum atomic E-state index is -1.85. The summed E-state index contributed by atoms with van der Waals surface area (Å²) in [6, 6.07) is 0. The lowest BCUT2D eigenvalue weighted by Gasteiger charge is -2.71. The van der Waals surface area contributed by atoms with E-state index in [0.29, 0.717) is 19.3 Å². The molecular formula is C49H78O19. The van der Waals surface area contributed by atoms with Crippen molar-refractivity contribution in [3.05, 3.63) is 11.6 Å².